The molecule has 3 heterocycles. The number of nitrogens with zero attached hydrogens (tertiary/aromatic N) is 2. The summed E-state index contributed by atoms with van der Waals surface area (Å²) in [4.78, 5) is 44.6. The number of carbonyl (C=O) groups excluding carboxylic acids is 2. The summed E-state index contributed by atoms with van der Waals surface area (Å²) in [5.41, 5.74) is 0.361. The quantitative estimate of drug-likeness (QED) is 0.465. The molecule has 1 spiro atoms. The largest absolute Gasteiger partial charge is 0.481 e. The second-order valence-corrected chi connectivity index (χ2v) is 11.1. The van der Waals surface area contributed by atoms with Crippen molar-refractivity contribution in [1.29, 1.82) is 0 Å². The number of anilines is 1. The molecule has 0 radical (unpaired) electrons. The maximum Gasteiger partial charge on any atom is 0.310 e. The zero-order chi connectivity index (χ0) is 27.3. The molecule has 0 aromatic heterocycles. The minimum absolute atomic E-state index is 0.103. The van der Waals surface area contributed by atoms with Gasteiger partial charge in [0.25, 0.3) is 5.91 Å². The van der Waals surface area contributed by atoms with E-state index in [1.54, 1.807) is 11.0 Å². The number of ether oxygens (including phenoxy) is 1. The summed E-state index contributed by atoms with van der Waals surface area (Å²) >= 11 is 0. The predicted molar refractivity (Wildman–Crippen MR) is 140 cm³/mol. The zero-order valence-electron chi connectivity index (χ0n) is 22.6. The van der Waals surface area contributed by atoms with Crippen molar-refractivity contribution in [2.45, 2.75) is 83.6 Å². The molecule has 3 aliphatic heterocycles. The number of likely N-dealkylation sites (tertiary alicyclic amines) is 1. The molecule has 8 heteroatoms. The maximum atomic E-state index is 14.7. The molecule has 2 N–H and O–H groups in total. The lowest BCUT2D eigenvalue weighted by Gasteiger charge is -2.41. The van der Waals surface area contributed by atoms with Gasteiger partial charge in [-0.1, -0.05) is 45.4 Å². The number of carbonyl (C=O) groups is 3. The van der Waals surface area contributed by atoms with Gasteiger partial charge in [-0.25, -0.2) is 0 Å². The van der Waals surface area contributed by atoms with Crippen molar-refractivity contribution in [1.82, 2.24) is 4.90 Å². The number of aliphatic carboxylic acids is 1. The van der Waals surface area contributed by atoms with Crippen molar-refractivity contribution in [3.8, 4) is 0 Å². The van der Waals surface area contributed by atoms with Crippen molar-refractivity contribution in [2.24, 2.45) is 17.8 Å². The number of aryl methyl sites for hydroxylation is 2. The molecule has 2 unspecified atom stereocenters. The zero-order valence-corrected chi connectivity index (χ0v) is 22.6. The van der Waals surface area contributed by atoms with Gasteiger partial charge in [0.15, 0.2) is 0 Å². The van der Waals surface area contributed by atoms with Gasteiger partial charge in [-0.2, -0.15) is 0 Å². The highest BCUT2D eigenvalue weighted by Gasteiger charge is 2.79. The highest BCUT2D eigenvalue weighted by atomic mass is 16.5. The Hall–Kier alpha value is -2.71. The highest BCUT2D eigenvalue weighted by molar-refractivity contribution is 6.05. The number of carboxylic acids is 1. The number of carboxylic acid groups (broad SMARTS) is 1. The van der Waals surface area contributed by atoms with Gasteiger partial charge >= 0.3 is 5.97 Å². The van der Waals surface area contributed by atoms with Crippen LogP contribution in [0.25, 0.3) is 0 Å². The van der Waals surface area contributed by atoms with Crippen LogP contribution >= 0.6 is 0 Å². The van der Waals surface area contributed by atoms with Crippen LogP contribution in [0.1, 0.15) is 57.6 Å². The van der Waals surface area contributed by atoms with Gasteiger partial charge in [0.05, 0.1) is 24.2 Å². The summed E-state index contributed by atoms with van der Waals surface area (Å²) in [5, 5.41) is 20.7. The number of aliphatic hydroxyl groups excluding tert-OH is 1. The van der Waals surface area contributed by atoms with Crippen molar-refractivity contribution in [2.75, 3.05) is 18.1 Å². The Morgan fingerprint density at radius 3 is 2.57 bits per heavy atom. The SMILES string of the molecule is C=CCN(C(=O)C1N([C@@H](CO)[C@@H](C)CC)C(=O)[C@@H]2[C@H](C(=O)O)[C@]3(CC)CCC12O3)c1cc(C)ccc1C. The highest BCUT2D eigenvalue weighted by Crippen LogP contribution is 2.64. The Labute approximate surface area is 219 Å². The van der Waals surface area contributed by atoms with Crippen molar-refractivity contribution in [3.63, 3.8) is 0 Å². The van der Waals surface area contributed by atoms with E-state index in [1.807, 2.05) is 52.8 Å². The van der Waals surface area contributed by atoms with E-state index in [1.165, 1.54) is 4.90 Å². The second-order valence-electron chi connectivity index (χ2n) is 11.1. The fourth-order valence-electron chi connectivity index (χ4n) is 7.08. The first-order valence-corrected chi connectivity index (χ1v) is 13.4. The van der Waals surface area contributed by atoms with Crippen LogP contribution in [0, 0.1) is 31.6 Å². The van der Waals surface area contributed by atoms with Crippen LogP contribution in [0.4, 0.5) is 5.69 Å². The number of hydrogen-bond acceptors (Lipinski definition) is 5. The average Bonchev–Trinajstić information content (AvgIpc) is 3.48. The van der Waals surface area contributed by atoms with Crippen molar-refractivity contribution in [3.05, 3.63) is 42.0 Å². The molecule has 2 bridgehead atoms. The molecule has 4 rings (SSSR count). The van der Waals surface area contributed by atoms with Crippen molar-refractivity contribution >= 4 is 23.5 Å². The second kappa shape index (κ2) is 9.87. The molecule has 3 saturated heterocycles. The Kier molecular flexibility index (Phi) is 7.29. The minimum Gasteiger partial charge on any atom is -0.481 e. The molecular formula is C29H40N2O6. The average molecular weight is 513 g/mol. The number of rotatable bonds is 10. The van der Waals surface area contributed by atoms with E-state index in [0.717, 1.165) is 11.1 Å². The molecule has 202 valence electrons. The first-order valence-electron chi connectivity index (χ1n) is 13.4. The fraction of sp³-hybridized carbons (Fsp3) is 0.621. The summed E-state index contributed by atoms with van der Waals surface area (Å²) in [5.74, 6) is -3.92. The van der Waals surface area contributed by atoms with Crippen LogP contribution in [-0.2, 0) is 19.1 Å². The molecule has 1 aromatic carbocycles. The fourth-order valence-corrected chi connectivity index (χ4v) is 7.08. The number of benzene rings is 1. The third-order valence-electron chi connectivity index (χ3n) is 9.20. The standard InChI is InChI=1S/C29H40N2O6/c1-7-14-30(20-15-17(4)10-11-19(20)6)26(34)24-29-13-12-28(9-3,37-29)23(27(35)36)22(29)25(33)31(24)21(16-32)18(5)8-2/h7,10-11,15,18,21-24,32H,1,8-9,12-14,16H2,2-6H3,(H,35,36)/t18-,21-,22-,23+,24?,28-,29?/m0/s1. The van der Waals surface area contributed by atoms with Crippen LogP contribution < -0.4 is 4.90 Å². The van der Waals surface area contributed by atoms with E-state index in [-0.39, 0.29) is 25.0 Å². The molecule has 7 atom stereocenters. The molecule has 37 heavy (non-hydrogen) atoms. The summed E-state index contributed by atoms with van der Waals surface area (Å²) in [6.45, 7) is 13.4. The molecule has 2 amide bonds. The molecular weight excluding hydrogens is 472 g/mol. The van der Waals surface area contributed by atoms with Gasteiger partial charge < -0.3 is 24.7 Å². The number of aliphatic hydroxyl groups is 1. The molecule has 3 aliphatic rings. The normalized spacial score (nSPS) is 31.8. The Morgan fingerprint density at radius 2 is 2.00 bits per heavy atom. The Bertz CT molecular complexity index is 1100. The van der Waals surface area contributed by atoms with Crippen LogP contribution in [0.15, 0.2) is 30.9 Å². The van der Waals surface area contributed by atoms with Crippen molar-refractivity contribution < 1.29 is 29.3 Å². The minimum atomic E-state index is -1.26. The summed E-state index contributed by atoms with van der Waals surface area (Å²) in [6.07, 6.45) is 3.66. The Balaban J connectivity index is 1.91. The lowest BCUT2D eigenvalue weighted by atomic mass is 9.65. The van der Waals surface area contributed by atoms with Crippen LogP contribution in [0.3, 0.4) is 0 Å². The maximum absolute atomic E-state index is 14.7. The van der Waals surface area contributed by atoms with E-state index >= 15 is 0 Å². The van der Waals surface area contributed by atoms with Gasteiger partial charge in [0, 0.05) is 12.2 Å². The molecule has 8 nitrogen and oxygen atoms in total. The van der Waals surface area contributed by atoms with Gasteiger partial charge in [-0.05, 0) is 56.2 Å². The third-order valence-corrected chi connectivity index (χ3v) is 9.20. The Morgan fingerprint density at radius 1 is 1.30 bits per heavy atom. The van der Waals surface area contributed by atoms with Gasteiger partial charge in [-0.3, -0.25) is 14.4 Å². The molecule has 0 aliphatic carbocycles. The summed E-state index contributed by atoms with van der Waals surface area (Å²) < 4.78 is 6.66. The van der Waals surface area contributed by atoms with Gasteiger partial charge in [-0.15, -0.1) is 6.58 Å². The van der Waals surface area contributed by atoms with E-state index in [0.29, 0.717) is 31.4 Å². The molecule has 3 fully saturated rings. The summed E-state index contributed by atoms with van der Waals surface area (Å²) in [6, 6.07) is 4.18. The van der Waals surface area contributed by atoms with Gasteiger partial charge in [0.2, 0.25) is 5.91 Å². The number of fused-ring (bicyclic) bond motifs is 1. The van der Waals surface area contributed by atoms with E-state index < -0.39 is 47.0 Å². The third kappa shape index (κ3) is 3.91. The summed E-state index contributed by atoms with van der Waals surface area (Å²) in [7, 11) is 0. The number of hydrogen-bond donors (Lipinski definition) is 2. The first kappa shape index (κ1) is 27.3. The topological polar surface area (TPSA) is 107 Å². The first-order chi connectivity index (χ1) is 17.5. The van der Waals surface area contributed by atoms with Crippen LogP contribution in [0.5, 0.6) is 0 Å². The van der Waals surface area contributed by atoms with E-state index in [4.69, 9.17) is 4.74 Å². The molecule has 0 saturated carbocycles. The lowest BCUT2D eigenvalue weighted by Crippen LogP contribution is -2.60. The molecule has 1 aromatic rings. The van der Waals surface area contributed by atoms with Crippen LogP contribution in [-0.4, -0.2) is 69.3 Å². The van der Waals surface area contributed by atoms with Crippen LogP contribution in [0.2, 0.25) is 0 Å². The smallest absolute Gasteiger partial charge is 0.310 e. The monoisotopic (exact) mass is 512 g/mol. The van der Waals surface area contributed by atoms with E-state index in [2.05, 4.69) is 6.58 Å². The van der Waals surface area contributed by atoms with Gasteiger partial charge in [0.1, 0.15) is 17.6 Å². The predicted octanol–water partition coefficient (Wildman–Crippen LogP) is 3.47. The van der Waals surface area contributed by atoms with E-state index in [9.17, 15) is 24.6 Å². The lowest BCUT2D eigenvalue weighted by molar-refractivity contribution is -0.158. The number of amides is 2.